The van der Waals surface area contributed by atoms with Crippen molar-refractivity contribution in [3.8, 4) is 0 Å². The molecule has 3 rings (SSSR count). The number of carbonyl (C=O) groups is 1. The van der Waals surface area contributed by atoms with Gasteiger partial charge in [0.2, 0.25) is 4.23 Å². The van der Waals surface area contributed by atoms with Crippen molar-refractivity contribution in [3.05, 3.63) is 28.8 Å². The number of nitrogens with one attached hydrogen (secondary N) is 1. The summed E-state index contributed by atoms with van der Waals surface area (Å²) in [7, 11) is 0. The molecule has 2 aliphatic rings. The number of cyclic esters (lactones) is 1. The van der Waals surface area contributed by atoms with Gasteiger partial charge in [-0.1, -0.05) is 11.6 Å². The van der Waals surface area contributed by atoms with Crippen LogP contribution in [-0.2, 0) is 4.74 Å². The van der Waals surface area contributed by atoms with Gasteiger partial charge in [-0.05, 0) is 66.7 Å². The third-order valence-corrected chi connectivity index (χ3v) is 4.67. The molecule has 4 nitrogen and oxygen atoms in total. The summed E-state index contributed by atoms with van der Waals surface area (Å²) < 4.78 is 5.18. The molecule has 110 valence electrons. The van der Waals surface area contributed by atoms with Crippen LogP contribution in [0.5, 0.6) is 0 Å². The van der Waals surface area contributed by atoms with E-state index < -0.39 is 0 Å². The number of alkyl halides is 1. The quantitative estimate of drug-likeness (QED) is 0.323. The maximum absolute atomic E-state index is 12.0. The number of rotatable bonds is 1. The van der Waals surface area contributed by atoms with Gasteiger partial charge in [0.15, 0.2) is 0 Å². The Morgan fingerprint density at radius 1 is 1.35 bits per heavy atom. The standard InChI is InChI=1S/C13H14ClIN2O2.ClH/c14-8-1-2-11-10(7-8)12(18)19-13(15)17(11)9-3-5-16-6-4-9;/h1-2,7,9,13,16H,3-6H2;1H. The number of anilines is 1. The lowest BCUT2D eigenvalue weighted by Gasteiger charge is -2.42. The molecule has 0 spiro atoms. The van der Waals surface area contributed by atoms with Gasteiger partial charge in [-0.25, -0.2) is 4.79 Å². The zero-order valence-electron chi connectivity index (χ0n) is 10.6. The molecule has 0 radical (unpaired) electrons. The monoisotopic (exact) mass is 428 g/mol. The molecule has 2 aliphatic heterocycles. The first-order valence-electron chi connectivity index (χ1n) is 6.30. The summed E-state index contributed by atoms with van der Waals surface area (Å²) in [5.41, 5.74) is 1.51. The van der Waals surface area contributed by atoms with Crippen molar-refractivity contribution in [1.29, 1.82) is 0 Å². The van der Waals surface area contributed by atoms with Gasteiger partial charge in [0.25, 0.3) is 0 Å². The van der Waals surface area contributed by atoms with E-state index in [0.29, 0.717) is 16.6 Å². The van der Waals surface area contributed by atoms with Gasteiger partial charge in [-0.3, -0.25) is 0 Å². The van der Waals surface area contributed by atoms with Crippen molar-refractivity contribution < 1.29 is 9.53 Å². The highest BCUT2D eigenvalue weighted by molar-refractivity contribution is 14.1. The topological polar surface area (TPSA) is 41.6 Å². The van der Waals surface area contributed by atoms with Crippen LogP contribution >= 0.6 is 46.6 Å². The molecule has 0 aromatic heterocycles. The maximum Gasteiger partial charge on any atom is 0.342 e. The van der Waals surface area contributed by atoms with E-state index in [0.717, 1.165) is 31.6 Å². The molecule has 0 amide bonds. The first kappa shape index (κ1) is 16.1. The van der Waals surface area contributed by atoms with Crippen LogP contribution in [-0.4, -0.2) is 29.3 Å². The zero-order chi connectivity index (χ0) is 13.4. The SMILES string of the molecule is Cl.O=C1OC(I)N(C2CCNCC2)c2ccc(Cl)cc21. The van der Waals surface area contributed by atoms with Crippen molar-refractivity contribution in [2.45, 2.75) is 23.1 Å². The van der Waals surface area contributed by atoms with Crippen LogP contribution in [0.1, 0.15) is 23.2 Å². The van der Waals surface area contributed by atoms with Gasteiger partial charge >= 0.3 is 5.97 Å². The van der Waals surface area contributed by atoms with Crippen LogP contribution in [0.3, 0.4) is 0 Å². The molecule has 1 N–H and O–H groups in total. The predicted octanol–water partition coefficient (Wildman–Crippen LogP) is 3.21. The Balaban J connectivity index is 0.00000147. The number of nitrogens with zero attached hydrogens (tertiary/aromatic N) is 1. The molecular formula is C13H15Cl2IN2O2. The van der Waals surface area contributed by atoms with Crippen molar-refractivity contribution in [2.24, 2.45) is 0 Å². The van der Waals surface area contributed by atoms with Crippen LogP contribution in [0.2, 0.25) is 5.02 Å². The van der Waals surface area contributed by atoms with Crippen LogP contribution in [0.25, 0.3) is 0 Å². The number of hydrogen-bond acceptors (Lipinski definition) is 4. The highest BCUT2D eigenvalue weighted by Gasteiger charge is 2.35. The van der Waals surface area contributed by atoms with E-state index in [-0.39, 0.29) is 22.6 Å². The molecule has 1 unspecified atom stereocenters. The summed E-state index contributed by atoms with van der Waals surface area (Å²) in [6.45, 7) is 2.00. The summed E-state index contributed by atoms with van der Waals surface area (Å²) in [6.07, 6.45) is 2.11. The lowest BCUT2D eigenvalue weighted by Crippen LogP contribution is -2.50. The maximum atomic E-state index is 12.0. The normalized spacial score (nSPS) is 22.8. The van der Waals surface area contributed by atoms with E-state index in [9.17, 15) is 4.79 Å². The van der Waals surface area contributed by atoms with Crippen molar-refractivity contribution in [3.63, 3.8) is 0 Å². The third-order valence-electron chi connectivity index (χ3n) is 3.58. The molecule has 1 fully saturated rings. The van der Waals surface area contributed by atoms with Gasteiger partial charge in [0.1, 0.15) is 0 Å². The number of ether oxygens (including phenoxy) is 1. The van der Waals surface area contributed by atoms with Crippen LogP contribution < -0.4 is 10.2 Å². The van der Waals surface area contributed by atoms with E-state index in [4.69, 9.17) is 16.3 Å². The van der Waals surface area contributed by atoms with Gasteiger partial charge in [-0.2, -0.15) is 0 Å². The highest BCUT2D eigenvalue weighted by atomic mass is 127. The van der Waals surface area contributed by atoms with Crippen molar-refractivity contribution >= 4 is 58.3 Å². The molecule has 2 heterocycles. The largest absolute Gasteiger partial charge is 0.429 e. The lowest BCUT2D eigenvalue weighted by atomic mass is 10.0. The van der Waals surface area contributed by atoms with Crippen LogP contribution in [0.4, 0.5) is 5.69 Å². The molecule has 1 atom stereocenters. The Kier molecular flexibility index (Phi) is 5.39. The van der Waals surface area contributed by atoms with E-state index in [1.165, 1.54) is 0 Å². The zero-order valence-corrected chi connectivity index (χ0v) is 14.4. The highest BCUT2D eigenvalue weighted by Crippen LogP contribution is 2.36. The second kappa shape index (κ2) is 6.68. The molecule has 1 aromatic carbocycles. The first-order valence-corrected chi connectivity index (χ1v) is 7.93. The molecule has 0 aliphatic carbocycles. The fraction of sp³-hybridized carbons (Fsp3) is 0.462. The van der Waals surface area contributed by atoms with Crippen LogP contribution in [0, 0.1) is 0 Å². The predicted molar refractivity (Wildman–Crippen MR) is 90.3 cm³/mol. The number of halogens is 3. The van der Waals surface area contributed by atoms with E-state index in [1.54, 1.807) is 6.07 Å². The number of esters is 1. The Morgan fingerprint density at radius 2 is 2.05 bits per heavy atom. The summed E-state index contributed by atoms with van der Waals surface area (Å²) >= 11 is 8.15. The summed E-state index contributed by atoms with van der Waals surface area (Å²) in [5.74, 6) is -0.290. The molecule has 0 saturated carbocycles. The summed E-state index contributed by atoms with van der Waals surface area (Å²) in [4.78, 5) is 14.2. The Bertz CT molecular complexity index is 509. The minimum Gasteiger partial charge on any atom is -0.429 e. The van der Waals surface area contributed by atoms with E-state index >= 15 is 0 Å². The average Bonchev–Trinajstić information content (AvgIpc) is 2.41. The molecule has 7 heteroatoms. The second-order valence-corrected chi connectivity index (χ2v) is 6.25. The minimum atomic E-state index is -0.290. The number of fused-ring (bicyclic) bond motifs is 1. The Hall–Kier alpha value is -0.240. The fourth-order valence-electron chi connectivity index (χ4n) is 2.66. The molecule has 0 bridgehead atoms. The number of hydrogen-bond donors (Lipinski definition) is 1. The lowest BCUT2D eigenvalue weighted by molar-refractivity contribution is 0.0434. The van der Waals surface area contributed by atoms with Gasteiger partial charge < -0.3 is 15.0 Å². The molecule has 20 heavy (non-hydrogen) atoms. The molecule has 1 aromatic rings. The number of benzene rings is 1. The Labute approximate surface area is 142 Å². The Morgan fingerprint density at radius 3 is 2.75 bits per heavy atom. The second-order valence-electron chi connectivity index (χ2n) is 4.75. The van der Waals surface area contributed by atoms with E-state index in [1.807, 2.05) is 12.1 Å². The van der Waals surface area contributed by atoms with Crippen molar-refractivity contribution in [1.82, 2.24) is 5.32 Å². The third kappa shape index (κ3) is 3.00. The number of carbonyl (C=O) groups excluding carboxylic acids is 1. The first-order chi connectivity index (χ1) is 9.16. The summed E-state index contributed by atoms with van der Waals surface area (Å²) in [6, 6.07) is 5.84. The molecule has 1 saturated heterocycles. The average molecular weight is 429 g/mol. The number of piperidine rings is 1. The van der Waals surface area contributed by atoms with Gasteiger partial charge in [0, 0.05) is 11.1 Å². The van der Waals surface area contributed by atoms with Gasteiger partial charge in [0.05, 0.1) is 11.3 Å². The fourth-order valence-corrected chi connectivity index (χ4v) is 3.82. The van der Waals surface area contributed by atoms with Crippen molar-refractivity contribution in [2.75, 3.05) is 18.0 Å². The summed E-state index contributed by atoms with van der Waals surface area (Å²) in [5, 5.41) is 3.92. The van der Waals surface area contributed by atoms with E-state index in [2.05, 4.69) is 32.8 Å². The van der Waals surface area contributed by atoms with Crippen LogP contribution in [0.15, 0.2) is 18.2 Å². The molecular weight excluding hydrogens is 414 g/mol. The minimum absolute atomic E-state index is 0. The smallest absolute Gasteiger partial charge is 0.342 e. The van der Waals surface area contributed by atoms with Gasteiger partial charge in [-0.15, -0.1) is 12.4 Å².